The van der Waals surface area contributed by atoms with Gasteiger partial charge in [-0.2, -0.15) is 0 Å². The van der Waals surface area contributed by atoms with Gasteiger partial charge in [0.2, 0.25) is 0 Å². The van der Waals surface area contributed by atoms with Crippen molar-refractivity contribution >= 4 is 235 Å². The van der Waals surface area contributed by atoms with Crippen LogP contribution in [-0.2, 0) is 22.7 Å². The molecule has 0 N–H and O–H groups in total. The highest BCUT2D eigenvalue weighted by molar-refractivity contribution is 9.16. The number of esters is 2. The lowest BCUT2D eigenvalue weighted by Gasteiger charge is -2.18. The normalized spacial score (nSPS) is 11.2. The van der Waals surface area contributed by atoms with Crippen LogP contribution in [0.3, 0.4) is 0 Å². The Morgan fingerprint density at radius 3 is 0.775 bits per heavy atom. The Morgan fingerprint density at radius 1 is 0.350 bits per heavy atom. The maximum atomic E-state index is 13.3. The predicted octanol–water partition coefficient (Wildman–Crippen LogP) is 15.1. The molecule has 0 aliphatic rings. The summed E-state index contributed by atoms with van der Waals surface area (Å²) in [6, 6.07) is 0. The van der Waals surface area contributed by atoms with E-state index in [2.05, 4.69) is 223 Å². The number of ether oxygens (including phenoxy) is 2. The molecule has 3 aromatic carbocycles. The van der Waals surface area contributed by atoms with Crippen molar-refractivity contribution in [2.75, 3.05) is 0 Å². The first kappa shape index (κ1) is 37.8. The molecule has 0 bridgehead atoms. The lowest BCUT2D eigenvalue weighted by atomic mass is 10.1. The van der Waals surface area contributed by atoms with Crippen molar-refractivity contribution in [2.24, 2.45) is 0 Å². The van der Waals surface area contributed by atoms with Gasteiger partial charge in [0.1, 0.15) is 13.2 Å². The predicted molar refractivity (Wildman–Crippen MR) is 205 cm³/mol. The summed E-state index contributed by atoms with van der Waals surface area (Å²) >= 11 is 48.9. The molecule has 0 amide bonds. The average molecular weight is 1450 g/mol. The third kappa shape index (κ3) is 7.71. The second-order valence-electron chi connectivity index (χ2n) is 7.26. The van der Waals surface area contributed by atoms with E-state index in [0.29, 0.717) is 46.9 Å². The number of carbonyl (C=O) groups is 2. The highest BCUT2D eigenvalue weighted by Gasteiger charge is 2.30. The minimum absolute atomic E-state index is 0.0511. The highest BCUT2D eigenvalue weighted by atomic mass is 79.9. The molecule has 0 spiro atoms. The van der Waals surface area contributed by atoms with E-state index in [1.807, 2.05) is 0 Å². The van der Waals surface area contributed by atoms with E-state index in [4.69, 9.17) is 9.47 Å². The molecule has 0 radical (unpaired) electrons. The van der Waals surface area contributed by atoms with Gasteiger partial charge in [-0.1, -0.05) is 0 Å². The molecule has 3 rings (SSSR count). The summed E-state index contributed by atoms with van der Waals surface area (Å²) < 4.78 is 20.0. The Kier molecular flexibility index (Phi) is 15.1. The molecule has 0 saturated heterocycles. The molecule has 3 aromatic rings. The molecule has 0 aromatic heterocycles. The fourth-order valence-electron chi connectivity index (χ4n) is 2.96. The van der Waals surface area contributed by atoms with E-state index in [-0.39, 0.29) is 24.3 Å². The highest BCUT2D eigenvalue weighted by Crippen LogP contribution is 2.47. The largest absolute Gasteiger partial charge is 0.457 e. The molecule has 0 heterocycles. The first-order chi connectivity index (χ1) is 18.5. The Balaban J connectivity index is 1.91. The van der Waals surface area contributed by atoms with Crippen LogP contribution in [-0.4, -0.2) is 11.9 Å². The third-order valence-electron chi connectivity index (χ3n) is 4.97. The topological polar surface area (TPSA) is 52.6 Å². The summed E-state index contributed by atoms with van der Waals surface area (Å²) in [7, 11) is 0. The number of carbonyl (C=O) groups excluding carboxylic acids is 2. The zero-order valence-electron chi connectivity index (χ0n) is 18.3. The average Bonchev–Trinajstić information content (AvgIpc) is 2.92. The van der Waals surface area contributed by atoms with Crippen LogP contribution in [0.2, 0.25) is 0 Å². The van der Waals surface area contributed by atoms with Gasteiger partial charge in [0.25, 0.3) is 0 Å². The quantitative estimate of drug-likeness (QED) is 0.140. The lowest BCUT2D eigenvalue weighted by Crippen LogP contribution is -2.13. The zero-order valence-corrected chi connectivity index (χ0v) is 40.5. The van der Waals surface area contributed by atoms with Gasteiger partial charge < -0.3 is 9.47 Å². The van der Waals surface area contributed by atoms with Gasteiger partial charge in [-0.15, -0.1) is 0 Å². The Labute approximate surface area is 346 Å². The number of benzene rings is 3. The lowest BCUT2D eigenvalue weighted by molar-refractivity contribution is 0.0453. The van der Waals surface area contributed by atoms with E-state index in [9.17, 15) is 9.59 Å². The molecule has 214 valence electrons. The van der Waals surface area contributed by atoms with Crippen molar-refractivity contribution in [2.45, 2.75) is 13.2 Å². The molecule has 0 saturated carbocycles. The monoisotopic (exact) mass is 1440 g/mol. The Hall–Kier alpha value is 3.32. The SMILES string of the molecule is O=C(OCc1c(Br)c(Br)c(Br)c(Br)c1Br)c1c(Br)c(Br)c(C(=O)OCc2c(Br)c(Br)c(Br)c(Br)c2Br)c(Br)c1Br. The van der Waals surface area contributed by atoms with Gasteiger partial charge in [-0.05, 0) is 223 Å². The van der Waals surface area contributed by atoms with Gasteiger partial charge in [0.15, 0.2) is 0 Å². The van der Waals surface area contributed by atoms with Crippen LogP contribution >= 0.6 is 223 Å². The first-order valence-corrected chi connectivity index (χ1v) is 20.8. The molecule has 18 heteroatoms. The minimum atomic E-state index is -0.633. The van der Waals surface area contributed by atoms with E-state index < -0.39 is 11.9 Å². The fraction of sp³-hybridized carbons (Fsp3) is 0.0909. The Bertz CT molecular complexity index is 1380. The van der Waals surface area contributed by atoms with Crippen LogP contribution in [0.1, 0.15) is 31.8 Å². The van der Waals surface area contributed by atoms with E-state index in [0.717, 1.165) is 26.8 Å². The summed E-state index contributed by atoms with van der Waals surface area (Å²) in [5, 5.41) is 0. The van der Waals surface area contributed by atoms with Crippen LogP contribution in [0, 0.1) is 0 Å². The second-order valence-corrected chi connectivity index (χ2v) is 18.4. The van der Waals surface area contributed by atoms with Crippen molar-refractivity contribution < 1.29 is 19.1 Å². The van der Waals surface area contributed by atoms with Crippen molar-refractivity contribution in [3.05, 3.63) is 84.9 Å². The smallest absolute Gasteiger partial charge is 0.340 e. The molecule has 0 aliphatic heterocycles. The van der Waals surface area contributed by atoms with Gasteiger partial charge in [-0.25, -0.2) is 9.59 Å². The van der Waals surface area contributed by atoms with Crippen LogP contribution in [0.25, 0.3) is 0 Å². The zero-order chi connectivity index (χ0) is 30.4. The van der Waals surface area contributed by atoms with Crippen molar-refractivity contribution in [1.29, 1.82) is 0 Å². The summed E-state index contributed by atoms with van der Waals surface area (Å²) in [6.45, 7) is -0.102. The summed E-state index contributed by atoms with van der Waals surface area (Å²) in [6.07, 6.45) is 0. The van der Waals surface area contributed by atoms with Crippen LogP contribution < -0.4 is 0 Å². The van der Waals surface area contributed by atoms with Gasteiger partial charge >= 0.3 is 11.9 Å². The van der Waals surface area contributed by atoms with Gasteiger partial charge in [0, 0.05) is 73.7 Å². The maximum absolute atomic E-state index is 13.3. The fourth-order valence-corrected chi connectivity index (χ4v) is 12.4. The molecule has 0 aliphatic carbocycles. The Morgan fingerprint density at radius 2 is 0.550 bits per heavy atom. The summed E-state index contributed by atoms with van der Waals surface area (Å²) in [5.74, 6) is -1.27. The summed E-state index contributed by atoms with van der Waals surface area (Å²) in [4.78, 5) is 26.5. The number of rotatable bonds is 6. The third-order valence-corrected chi connectivity index (χ3v) is 21.7. The summed E-state index contributed by atoms with van der Waals surface area (Å²) in [5.41, 5.74) is 1.74. The number of hydrogen-bond acceptors (Lipinski definition) is 4. The molecule has 0 atom stereocenters. The van der Waals surface area contributed by atoms with Crippen molar-refractivity contribution in [1.82, 2.24) is 0 Å². The standard InChI is InChI=1S/C22H4Br14O4/c23-7-3(8(24)16(32)19(35)15(7)31)1-39-21(37)5-11(27)13(29)6(14(30)12(5)28)22(38)40-2-4-9(25)17(33)20(36)18(34)10(4)26/h1-2H2. The van der Waals surface area contributed by atoms with Crippen LogP contribution in [0.15, 0.2) is 62.6 Å². The van der Waals surface area contributed by atoms with E-state index >= 15 is 0 Å². The van der Waals surface area contributed by atoms with E-state index in [1.165, 1.54) is 0 Å². The molecule has 0 fully saturated rings. The first-order valence-electron chi connectivity index (χ1n) is 9.75. The maximum Gasteiger partial charge on any atom is 0.340 e. The second kappa shape index (κ2) is 15.9. The van der Waals surface area contributed by atoms with Gasteiger partial charge in [-0.3, -0.25) is 0 Å². The minimum Gasteiger partial charge on any atom is -0.457 e. The van der Waals surface area contributed by atoms with E-state index in [1.54, 1.807) is 0 Å². The molecule has 0 unspecified atom stereocenters. The van der Waals surface area contributed by atoms with Crippen molar-refractivity contribution in [3.8, 4) is 0 Å². The molecule has 40 heavy (non-hydrogen) atoms. The molecular formula is C22H4Br14O4. The van der Waals surface area contributed by atoms with Crippen molar-refractivity contribution in [3.63, 3.8) is 0 Å². The number of halogens is 14. The van der Waals surface area contributed by atoms with Crippen LogP contribution in [0.5, 0.6) is 0 Å². The number of hydrogen-bond donors (Lipinski definition) is 0. The van der Waals surface area contributed by atoms with Crippen LogP contribution in [0.4, 0.5) is 0 Å². The molecule has 4 nitrogen and oxygen atoms in total. The molecular weight excluding hydrogens is 1450 g/mol. The van der Waals surface area contributed by atoms with Gasteiger partial charge in [0.05, 0.1) is 11.1 Å².